The highest BCUT2D eigenvalue weighted by molar-refractivity contribution is 6.30. The number of hydrogen-bond acceptors (Lipinski definition) is 5. The maximum atomic E-state index is 12.0. The average Bonchev–Trinajstić information content (AvgIpc) is 3.25. The van der Waals surface area contributed by atoms with E-state index in [2.05, 4.69) is 10.3 Å². The number of nitrogens with one attached hydrogen (secondary N) is 1. The number of carboxylic acid groups (broad SMARTS) is 1. The topological polar surface area (TPSA) is 84.6 Å². The minimum atomic E-state index is -1.12. The Hall–Kier alpha value is -3.61. The summed E-state index contributed by atoms with van der Waals surface area (Å²) in [5.41, 5.74) is 2.56. The highest BCUT2D eigenvalue weighted by Crippen LogP contribution is 2.23. The van der Waals surface area contributed by atoms with E-state index in [0.29, 0.717) is 42.7 Å². The molecule has 4 aromatic rings. The second-order valence-electron chi connectivity index (χ2n) is 8.92. The molecule has 0 radical (unpaired) electrons. The van der Waals surface area contributed by atoms with Crippen molar-refractivity contribution in [2.24, 2.45) is 0 Å². The van der Waals surface area contributed by atoms with Gasteiger partial charge in [-0.3, -0.25) is 10.1 Å². The van der Waals surface area contributed by atoms with Crippen molar-refractivity contribution >= 4 is 17.6 Å². The van der Waals surface area contributed by atoms with Gasteiger partial charge in [-0.2, -0.15) is 0 Å². The molecule has 1 atom stereocenters. The number of aryl methyl sites for hydroxylation is 1. The van der Waals surface area contributed by atoms with E-state index < -0.39 is 11.5 Å². The molecular weight excluding hydrogens is 476 g/mol. The van der Waals surface area contributed by atoms with Gasteiger partial charge in [0.15, 0.2) is 0 Å². The lowest BCUT2D eigenvalue weighted by Gasteiger charge is -2.27. The van der Waals surface area contributed by atoms with E-state index in [0.717, 1.165) is 28.1 Å². The number of benzene rings is 3. The van der Waals surface area contributed by atoms with Gasteiger partial charge < -0.3 is 14.3 Å². The molecule has 6 nitrogen and oxygen atoms in total. The van der Waals surface area contributed by atoms with Crippen molar-refractivity contribution in [2.45, 2.75) is 38.8 Å². The fraction of sp³-hybridized carbons (Fsp3) is 0.241. The van der Waals surface area contributed by atoms with Crippen molar-refractivity contribution in [1.82, 2.24) is 10.3 Å². The van der Waals surface area contributed by atoms with E-state index in [9.17, 15) is 9.90 Å². The van der Waals surface area contributed by atoms with E-state index in [-0.39, 0.29) is 0 Å². The van der Waals surface area contributed by atoms with Crippen LogP contribution in [0.5, 0.6) is 5.75 Å². The largest absolute Gasteiger partial charge is 0.493 e. The minimum absolute atomic E-state index is 0.330. The van der Waals surface area contributed by atoms with Crippen molar-refractivity contribution < 1.29 is 19.1 Å². The summed E-state index contributed by atoms with van der Waals surface area (Å²) in [6, 6.07) is 24.7. The van der Waals surface area contributed by atoms with E-state index in [1.165, 1.54) is 0 Å². The number of nitrogens with zero attached hydrogens (tertiary/aromatic N) is 1. The number of hydrogen-bond donors (Lipinski definition) is 2. The molecule has 0 saturated heterocycles. The second-order valence-corrected chi connectivity index (χ2v) is 9.36. The van der Waals surface area contributed by atoms with Gasteiger partial charge in [-0.05, 0) is 61.4 Å². The molecule has 0 bridgehead atoms. The first-order valence-electron chi connectivity index (χ1n) is 11.8. The zero-order valence-electron chi connectivity index (χ0n) is 20.3. The third-order valence-corrected chi connectivity index (χ3v) is 6.32. The van der Waals surface area contributed by atoms with Gasteiger partial charge >= 0.3 is 5.97 Å². The van der Waals surface area contributed by atoms with Crippen LogP contribution < -0.4 is 10.1 Å². The average molecular weight is 505 g/mol. The minimum Gasteiger partial charge on any atom is -0.493 e. The van der Waals surface area contributed by atoms with Crippen molar-refractivity contribution in [1.29, 1.82) is 0 Å². The summed E-state index contributed by atoms with van der Waals surface area (Å²) in [4.78, 5) is 16.7. The maximum absolute atomic E-state index is 12.0. The molecule has 1 unspecified atom stereocenters. The first-order chi connectivity index (χ1) is 17.3. The number of rotatable bonds is 11. The van der Waals surface area contributed by atoms with Crippen molar-refractivity contribution in [3.63, 3.8) is 0 Å². The van der Waals surface area contributed by atoms with Crippen LogP contribution in [0.2, 0.25) is 5.02 Å². The smallest absolute Gasteiger partial charge is 0.323 e. The van der Waals surface area contributed by atoms with Crippen LogP contribution in [0.15, 0.2) is 83.3 Å². The number of aromatic nitrogens is 1. The molecule has 4 rings (SSSR count). The monoisotopic (exact) mass is 504 g/mol. The van der Waals surface area contributed by atoms with E-state index in [4.69, 9.17) is 20.8 Å². The van der Waals surface area contributed by atoms with Gasteiger partial charge in [-0.15, -0.1) is 0 Å². The first kappa shape index (κ1) is 25.5. The number of carbonyl (C=O) groups is 1. The Morgan fingerprint density at radius 3 is 2.36 bits per heavy atom. The van der Waals surface area contributed by atoms with Gasteiger partial charge in [0.2, 0.25) is 5.89 Å². The molecule has 3 aromatic carbocycles. The summed E-state index contributed by atoms with van der Waals surface area (Å²) in [5.74, 6) is 1.20. The molecule has 0 aliphatic heterocycles. The quantitative estimate of drug-likeness (QED) is 0.257. The van der Waals surface area contributed by atoms with Crippen LogP contribution in [0.3, 0.4) is 0 Å². The summed E-state index contributed by atoms with van der Waals surface area (Å²) in [5, 5.41) is 13.7. The summed E-state index contributed by atoms with van der Waals surface area (Å²) in [6.45, 7) is 4.48. The van der Waals surface area contributed by atoms with Crippen molar-refractivity contribution in [2.75, 3.05) is 6.61 Å². The molecule has 1 aromatic heterocycles. The lowest BCUT2D eigenvalue weighted by Crippen LogP contribution is -2.50. The molecule has 0 saturated carbocycles. The molecular formula is C29H29ClN2O4. The number of aliphatic carboxylic acids is 1. The molecule has 0 fully saturated rings. The third-order valence-electron chi connectivity index (χ3n) is 6.07. The van der Waals surface area contributed by atoms with Crippen LogP contribution in [0.1, 0.15) is 29.5 Å². The highest BCUT2D eigenvalue weighted by atomic mass is 35.5. The Labute approximate surface area is 215 Å². The number of halogens is 1. The van der Waals surface area contributed by atoms with Gasteiger partial charge in [0.05, 0.1) is 12.3 Å². The Morgan fingerprint density at radius 1 is 1.03 bits per heavy atom. The number of oxazole rings is 1. The van der Waals surface area contributed by atoms with Crippen LogP contribution in [0, 0.1) is 6.92 Å². The molecule has 186 valence electrons. The molecule has 0 aliphatic carbocycles. The van der Waals surface area contributed by atoms with Gasteiger partial charge in [0.25, 0.3) is 0 Å². The normalized spacial score (nSPS) is 12.8. The zero-order chi connectivity index (χ0) is 25.5. The fourth-order valence-electron chi connectivity index (χ4n) is 3.85. The molecule has 1 heterocycles. The molecule has 0 amide bonds. The van der Waals surface area contributed by atoms with E-state index >= 15 is 0 Å². The highest BCUT2D eigenvalue weighted by Gasteiger charge is 2.32. The second kappa shape index (κ2) is 11.4. The van der Waals surface area contributed by atoms with Crippen molar-refractivity contribution in [3.05, 3.63) is 106 Å². The van der Waals surface area contributed by atoms with Crippen molar-refractivity contribution in [3.8, 4) is 17.2 Å². The standard InChI is InChI=1S/C29H29ClN2O4/c1-20-26(32-27(36-20)23-6-4-3-5-7-23)16-17-35-25-14-10-21(11-15-25)18-29(2,28(33)34)31-19-22-8-12-24(30)13-9-22/h3-15,31H,16-19H2,1-2H3,(H,33,34). The summed E-state index contributed by atoms with van der Waals surface area (Å²) in [6.07, 6.45) is 0.951. The van der Waals surface area contributed by atoms with Crippen LogP contribution in [0.25, 0.3) is 11.5 Å². The SMILES string of the molecule is Cc1oc(-c2ccccc2)nc1CCOc1ccc(CC(C)(NCc2ccc(Cl)cc2)C(=O)O)cc1. The summed E-state index contributed by atoms with van der Waals surface area (Å²) >= 11 is 5.93. The molecule has 2 N–H and O–H groups in total. The number of carboxylic acids is 1. The molecule has 0 aliphatic rings. The number of ether oxygens (including phenoxy) is 1. The first-order valence-corrected chi connectivity index (χ1v) is 12.2. The Kier molecular flexibility index (Phi) is 8.08. The van der Waals surface area contributed by atoms with Crippen LogP contribution in [0.4, 0.5) is 0 Å². The predicted molar refractivity (Wildman–Crippen MR) is 140 cm³/mol. The van der Waals surface area contributed by atoms with Crippen LogP contribution in [-0.4, -0.2) is 28.2 Å². The Bertz CT molecular complexity index is 1290. The zero-order valence-corrected chi connectivity index (χ0v) is 21.1. The van der Waals surface area contributed by atoms with E-state index in [1.807, 2.05) is 73.7 Å². The third kappa shape index (κ3) is 6.53. The maximum Gasteiger partial charge on any atom is 0.323 e. The Morgan fingerprint density at radius 2 is 1.69 bits per heavy atom. The Balaban J connectivity index is 1.31. The van der Waals surface area contributed by atoms with Crippen LogP contribution >= 0.6 is 11.6 Å². The lowest BCUT2D eigenvalue weighted by atomic mass is 9.92. The van der Waals surface area contributed by atoms with Crippen LogP contribution in [-0.2, 0) is 24.2 Å². The fourth-order valence-corrected chi connectivity index (χ4v) is 3.98. The van der Waals surface area contributed by atoms with Gasteiger partial charge in [0, 0.05) is 30.0 Å². The van der Waals surface area contributed by atoms with Gasteiger partial charge in [-0.1, -0.05) is 54.1 Å². The molecule has 0 spiro atoms. The van der Waals surface area contributed by atoms with Gasteiger partial charge in [-0.25, -0.2) is 4.98 Å². The lowest BCUT2D eigenvalue weighted by molar-refractivity contribution is -0.144. The van der Waals surface area contributed by atoms with E-state index in [1.54, 1.807) is 19.1 Å². The molecule has 7 heteroatoms. The predicted octanol–water partition coefficient (Wildman–Crippen LogP) is 6.10. The van der Waals surface area contributed by atoms with Gasteiger partial charge in [0.1, 0.15) is 17.0 Å². The molecule has 36 heavy (non-hydrogen) atoms. The summed E-state index contributed by atoms with van der Waals surface area (Å²) < 4.78 is 11.7. The summed E-state index contributed by atoms with van der Waals surface area (Å²) in [7, 11) is 0.